The van der Waals surface area contributed by atoms with E-state index in [-0.39, 0.29) is 5.91 Å². The third kappa shape index (κ3) is 3.05. The summed E-state index contributed by atoms with van der Waals surface area (Å²) >= 11 is 1.48. The van der Waals surface area contributed by atoms with Gasteiger partial charge in [-0.25, -0.2) is 0 Å². The smallest absolute Gasteiger partial charge is 0.219 e. The summed E-state index contributed by atoms with van der Waals surface area (Å²) in [6.45, 7) is 6.32. The van der Waals surface area contributed by atoms with Crippen molar-refractivity contribution in [3.8, 4) is 0 Å². The molecule has 0 N–H and O–H groups in total. The number of carbonyl (C=O) groups is 1. The molecule has 0 aromatic carbocycles. The van der Waals surface area contributed by atoms with E-state index >= 15 is 0 Å². The van der Waals surface area contributed by atoms with Crippen molar-refractivity contribution >= 4 is 17.4 Å². The van der Waals surface area contributed by atoms with Crippen LogP contribution in [0.4, 0.5) is 0 Å². The van der Waals surface area contributed by atoms with Gasteiger partial charge >= 0.3 is 0 Å². The number of nitrogens with zero attached hydrogens (tertiary/aromatic N) is 4. The van der Waals surface area contributed by atoms with Crippen molar-refractivity contribution in [2.24, 2.45) is 0 Å². The van der Waals surface area contributed by atoms with Crippen LogP contribution >= 0.6 is 11.5 Å². The van der Waals surface area contributed by atoms with Crippen LogP contribution in [0.25, 0.3) is 0 Å². The minimum absolute atomic E-state index is 0.193. The Bertz CT molecular complexity index is 412. The molecule has 1 saturated heterocycles. The molecular weight excluding hydrogens is 248 g/mol. The SMILES string of the molecule is CC(=O)N1CCC(N(C)Cc2snnc2C)CC1. The lowest BCUT2D eigenvalue weighted by Crippen LogP contribution is -2.44. The van der Waals surface area contributed by atoms with Crippen molar-refractivity contribution in [3.05, 3.63) is 10.6 Å². The molecule has 0 saturated carbocycles. The second kappa shape index (κ2) is 5.75. The van der Waals surface area contributed by atoms with E-state index in [4.69, 9.17) is 0 Å². The molecule has 100 valence electrons. The van der Waals surface area contributed by atoms with Gasteiger partial charge in [-0.05, 0) is 38.3 Å². The van der Waals surface area contributed by atoms with Gasteiger partial charge in [-0.1, -0.05) is 4.49 Å². The highest BCUT2D eigenvalue weighted by Gasteiger charge is 2.24. The molecular formula is C12H20N4OS. The standard InChI is InChI=1S/C12H20N4OS/c1-9-12(18-14-13-9)8-15(3)11-4-6-16(7-5-11)10(2)17/h11H,4-8H2,1-3H3. The lowest BCUT2D eigenvalue weighted by molar-refractivity contribution is -0.130. The number of carbonyl (C=O) groups excluding carboxylic acids is 1. The third-order valence-corrected chi connectivity index (χ3v) is 4.48. The van der Waals surface area contributed by atoms with Gasteiger partial charge < -0.3 is 4.90 Å². The Kier molecular flexibility index (Phi) is 4.29. The molecule has 0 aliphatic carbocycles. The molecule has 1 aliphatic heterocycles. The summed E-state index contributed by atoms with van der Waals surface area (Å²) in [5.41, 5.74) is 1.04. The number of amides is 1. The van der Waals surface area contributed by atoms with Gasteiger partial charge in [0.25, 0.3) is 0 Å². The first-order valence-electron chi connectivity index (χ1n) is 6.31. The van der Waals surface area contributed by atoms with Crippen molar-refractivity contribution in [3.63, 3.8) is 0 Å². The van der Waals surface area contributed by atoms with Crippen LogP contribution in [0, 0.1) is 6.92 Å². The van der Waals surface area contributed by atoms with Gasteiger partial charge in [0, 0.05) is 32.6 Å². The Morgan fingerprint density at radius 3 is 2.67 bits per heavy atom. The van der Waals surface area contributed by atoms with Crippen molar-refractivity contribution < 1.29 is 4.79 Å². The summed E-state index contributed by atoms with van der Waals surface area (Å²) in [6, 6.07) is 0.558. The molecule has 6 heteroatoms. The fourth-order valence-corrected chi connectivity index (χ4v) is 3.07. The molecule has 1 amide bonds. The molecule has 0 bridgehead atoms. The van der Waals surface area contributed by atoms with Crippen LogP contribution in [0.5, 0.6) is 0 Å². The Hall–Kier alpha value is -1.01. The molecule has 1 fully saturated rings. The summed E-state index contributed by atoms with van der Waals surface area (Å²) in [4.78, 5) is 16.8. The van der Waals surface area contributed by atoms with Gasteiger partial charge in [0.2, 0.25) is 5.91 Å². The quantitative estimate of drug-likeness (QED) is 0.829. The van der Waals surface area contributed by atoms with Crippen molar-refractivity contribution in [2.75, 3.05) is 20.1 Å². The van der Waals surface area contributed by atoms with Crippen molar-refractivity contribution in [1.29, 1.82) is 0 Å². The molecule has 18 heavy (non-hydrogen) atoms. The van der Waals surface area contributed by atoms with Crippen LogP contribution in [0.2, 0.25) is 0 Å². The minimum atomic E-state index is 0.193. The lowest BCUT2D eigenvalue weighted by atomic mass is 10.0. The number of piperidine rings is 1. The first kappa shape index (κ1) is 13.4. The maximum Gasteiger partial charge on any atom is 0.219 e. The summed E-state index contributed by atoms with van der Waals surface area (Å²) in [6.07, 6.45) is 2.11. The molecule has 2 rings (SSSR count). The van der Waals surface area contributed by atoms with Gasteiger partial charge in [0.15, 0.2) is 0 Å². The number of hydrogen-bond acceptors (Lipinski definition) is 5. The van der Waals surface area contributed by atoms with Gasteiger partial charge in [0.1, 0.15) is 0 Å². The van der Waals surface area contributed by atoms with E-state index in [2.05, 4.69) is 21.5 Å². The fourth-order valence-electron chi connectivity index (χ4n) is 2.37. The maximum atomic E-state index is 11.3. The highest BCUT2D eigenvalue weighted by Crippen LogP contribution is 2.19. The zero-order chi connectivity index (χ0) is 13.1. The highest BCUT2D eigenvalue weighted by molar-refractivity contribution is 7.05. The summed E-state index contributed by atoms with van der Waals surface area (Å²) < 4.78 is 3.97. The van der Waals surface area contributed by atoms with E-state index in [1.54, 1.807) is 6.92 Å². The predicted molar refractivity (Wildman–Crippen MR) is 71.4 cm³/mol. The average molecular weight is 268 g/mol. The largest absolute Gasteiger partial charge is 0.343 e. The number of aromatic nitrogens is 2. The average Bonchev–Trinajstić information content (AvgIpc) is 2.75. The van der Waals surface area contributed by atoms with Gasteiger partial charge in [-0.2, -0.15) is 0 Å². The van der Waals surface area contributed by atoms with Gasteiger partial charge in [-0.15, -0.1) is 5.10 Å². The van der Waals surface area contributed by atoms with Crippen molar-refractivity contribution in [1.82, 2.24) is 19.4 Å². The van der Waals surface area contributed by atoms with Crippen LogP contribution < -0.4 is 0 Å². The number of hydrogen-bond donors (Lipinski definition) is 0. The molecule has 0 atom stereocenters. The zero-order valence-electron chi connectivity index (χ0n) is 11.2. The summed E-state index contributed by atoms with van der Waals surface area (Å²) in [7, 11) is 2.15. The predicted octanol–water partition coefficient (Wildman–Crippen LogP) is 1.29. The lowest BCUT2D eigenvalue weighted by Gasteiger charge is -2.36. The van der Waals surface area contributed by atoms with Crippen LogP contribution in [-0.2, 0) is 11.3 Å². The third-order valence-electron chi connectivity index (χ3n) is 3.67. The Morgan fingerprint density at radius 2 is 2.17 bits per heavy atom. The highest BCUT2D eigenvalue weighted by atomic mass is 32.1. The van der Waals surface area contributed by atoms with Crippen LogP contribution in [0.15, 0.2) is 0 Å². The monoisotopic (exact) mass is 268 g/mol. The van der Waals surface area contributed by atoms with Gasteiger partial charge in [0.05, 0.1) is 10.6 Å². The molecule has 1 aromatic heterocycles. The van der Waals surface area contributed by atoms with E-state index in [0.717, 1.165) is 38.2 Å². The number of likely N-dealkylation sites (tertiary alicyclic amines) is 1. The second-order valence-electron chi connectivity index (χ2n) is 4.93. The van der Waals surface area contributed by atoms with Crippen LogP contribution in [0.3, 0.4) is 0 Å². The van der Waals surface area contributed by atoms with E-state index in [1.165, 1.54) is 16.4 Å². The first-order valence-corrected chi connectivity index (χ1v) is 7.09. The maximum absolute atomic E-state index is 11.3. The Balaban J connectivity index is 1.86. The topological polar surface area (TPSA) is 49.3 Å². The van der Waals surface area contributed by atoms with E-state index < -0.39 is 0 Å². The molecule has 2 heterocycles. The zero-order valence-corrected chi connectivity index (χ0v) is 12.0. The summed E-state index contributed by atoms with van der Waals surface area (Å²) in [5.74, 6) is 0.193. The minimum Gasteiger partial charge on any atom is -0.343 e. The summed E-state index contributed by atoms with van der Waals surface area (Å²) in [5, 5.41) is 4.04. The van der Waals surface area contributed by atoms with Crippen LogP contribution in [0.1, 0.15) is 30.3 Å². The molecule has 0 spiro atoms. The molecule has 1 aliphatic rings. The Labute approximate surface area is 112 Å². The van der Waals surface area contributed by atoms with E-state index in [1.807, 2.05) is 11.8 Å². The van der Waals surface area contributed by atoms with Crippen molar-refractivity contribution in [2.45, 2.75) is 39.3 Å². The van der Waals surface area contributed by atoms with E-state index in [0.29, 0.717) is 6.04 Å². The normalized spacial score (nSPS) is 17.4. The number of rotatable bonds is 3. The molecule has 1 aromatic rings. The molecule has 0 unspecified atom stereocenters. The Morgan fingerprint density at radius 1 is 1.50 bits per heavy atom. The first-order chi connectivity index (χ1) is 8.58. The fraction of sp³-hybridized carbons (Fsp3) is 0.750. The molecule has 5 nitrogen and oxygen atoms in total. The second-order valence-corrected chi connectivity index (χ2v) is 5.77. The van der Waals surface area contributed by atoms with Crippen LogP contribution in [-0.4, -0.2) is 51.5 Å². The molecule has 0 radical (unpaired) electrons. The van der Waals surface area contributed by atoms with E-state index in [9.17, 15) is 4.79 Å². The van der Waals surface area contributed by atoms with Gasteiger partial charge in [-0.3, -0.25) is 9.69 Å². The number of aryl methyl sites for hydroxylation is 1.